The third kappa shape index (κ3) is 2.29. The Morgan fingerprint density at radius 2 is 2.29 bits per heavy atom. The van der Waals surface area contributed by atoms with Gasteiger partial charge in [0.15, 0.2) is 0 Å². The Bertz CT molecular complexity index is 556. The molecular weight excluding hydrogens is 268 g/mol. The quantitative estimate of drug-likeness (QED) is 0.790. The standard InChI is InChI=1S/C16H22N2O3/c1-4-20-15(19)13-11(3)21-14(18)12(9-17)16(13)8-6-5-7-10(16)2/h10H,4-8,18H2,1-3H3. The fraction of sp³-hybridized carbons (Fsp3) is 0.625. The maximum Gasteiger partial charge on any atom is 0.338 e. The van der Waals surface area contributed by atoms with Gasteiger partial charge >= 0.3 is 5.97 Å². The largest absolute Gasteiger partial charge is 0.463 e. The van der Waals surface area contributed by atoms with Crippen molar-refractivity contribution >= 4 is 5.97 Å². The van der Waals surface area contributed by atoms with Gasteiger partial charge in [-0.15, -0.1) is 0 Å². The lowest BCUT2D eigenvalue weighted by atomic mass is 9.58. The van der Waals surface area contributed by atoms with Gasteiger partial charge in [0.05, 0.1) is 12.2 Å². The number of esters is 1. The number of ether oxygens (including phenoxy) is 2. The summed E-state index contributed by atoms with van der Waals surface area (Å²) in [5.41, 5.74) is 6.12. The number of hydrogen-bond donors (Lipinski definition) is 1. The summed E-state index contributed by atoms with van der Waals surface area (Å²) in [4.78, 5) is 12.5. The number of nitrogens with two attached hydrogens (primary N) is 1. The molecule has 2 unspecified atom stereocenters. The predicted molar refractivity (Wildman–Crippen MR) is 77.3 cm³/mol. The molecule has 2 atom stereocenters. The van der Waals surface area contributed by atoms with E-state index in [1.54, 1.807) is 13.8 Å². The van der Waals surface area contributed by atoms with Gasteiger partial charge in [-0.1, -0.05) is 19.8 Å². The number of hydrogen-bond acceptors (Lipinski definition) is 5. The topological polar surface area (TPSA) is 85.3 Å². The molecule has 0 amide bonds. The summed E-state index contributed by atoms with van der Waals surface area (Å²) < 4.78 is 10.7. The maximum absolute atomic E-state index is 12.5. The van der Waals surface area contributed by atoms with Crippen molar-refractivity contribution in [1.82, 2.24) is 0 Å². The van der Waals surface area contributed by atoms with Crippen LogP contribution < -0.4 is 5.73 Å². The fourth-order valence-corrected chi connectivity index (χ4v) is 3.70. The lowest BCUT2D eigenvalue weighted by molar-refractivity contribution is -0.140. The number of carbonyl (C=O) groups is 1. The third-order valence-corrected chi connectivity index (χ3v) is 4.64. The number of carbonyl (C=O) groups excluding carboxylic acids is 1. The van der Waals surface area contributed by atoms with E-state index in [1.807, 2.05) is 0 Å². The van der Waals surface area contributed by atoms with E-state index in [2.05, 4.69) is 13.0 Å². The average Bonchev–Trinajstić information content (AvgIpc) is 2.42. The SMILES string of the molecule is CCOC(=O)C1=C(C)OC(N)=C(C#N)C12CCCCC2C. The maximum atomic E-state index is 12.5. The van der Waals surface area contributed by atoms with E-state index in [9.17, 15) is 10.1 Å². The van der Waals surface area contributed by atoms with Crippen LogP contribution in [0.1, 0.15) is 46.5 Å². The van der Waals surface area contributed by atoms with Crippen molar-refractivity contribution in [1.29, 1.82) is 5.26 Å². The van der Waals surface area contributed by atoms with Crippen LogP contribution >= 0.6 is 0 Å². The minimum Gasteiger partial charge on any atom is -0.463 e. The molecule has 1 aliphatic heterocycles. The van der Waals surface area contributed by atoms with E-state index in [0.717, 1.165) is 25.7 Å². The lowest BCUT2D eigenvalue weighted by Crippen LogP contribution is -2.43. The molecule has 1 spiro atoms. The normalized spacial score (nSPS) is 29.1. The zero-order valence-corrected chi connectivity index (χ0v) is 12.9. The summed E-state index contributed by atoms with van der Waals surface area (Å²) in [5.74, 6) is 0.331. The molecule has 0 radical (unpaired) electrons. The Kier molecular flexibility index (Phi) is 4.26. The van der Waals surface area contributed by atoms with Gasteiger partial charge in [-0.05, 0) is 32.6 Å². The minimum absolute atomic E-state index is 0.122. The first-order valence-corrected chi connectivity index (χ1v) is 7.45. The second kappa shape index (κ2) is 5.80. The lowest BCUT2D eigenvalue weighted by Gasteiger charge is -2.45. The van der Waals surface area contributed by atoms with Crippen molar-refractivity contribution in [3.63, 3.8) is 0 Å². The van der Waals surface area contributed by atoms with Gasteiger partial charge in [-0.2, -0.15) is 5.26 Å². The van der Waals surface area contributed by atoms with Crippen LogP contribution in [-0.4, -0.2) is 12.6 Å². The van der Waals surface area contributed by atoms with Crippen LogP contribution in [0.3, 0.4) is 0 Å². The summed E-state index contributed by atoms with van der Waals surface area (Å²) in [7, 11) is 0. The molecule has 0 aromatic carbocycles. The van der Waals surface area contributed by atoms with Crippen molar-refractivity contribution < 1.29 is 14.3 Å². The molecule has 5 heteroatoms. The number of nitriles is 1. The molecular formula is C16H22N2O3. The van der Waals surface area contributed by atoms with Gasteiger partial charge in [0.1, 0.15) is 17.4 Å². The van der Waals surface area contributed by atoms with E-state index in [-0.39, 0.29) is 11.8 Å². The molecule has 2 aliphatic rings. The minimum atomic E-state index is -0.661. The highest BCUT2D eigenvalue weighted by Gasteiger charge is 2.52. The predicted octanol–water partition coefficient (Wildman–Crippen LogP) is 2.74. The molecule has 1 fully saturated rings. The molecule has 0 bridgehead atoms. The van der Waals surface area contributed by atoms with Crippen LogP contribution in [0.5, 0.6) is 0 Å². The molecule has 0 saturated heterocycles. The Morgan fingerprint density at radius 1 is 1.57 bits per heavy atom. The second-order valence-electron chi connectivity index (χ2n) is 5.72. The summed E-state index contributed by atoms with van der Waals surface area (Å²) in [5, 5.41) is 9.57. The highest BCUT2D eigenvalue weighted by Crippen LogP contribution is 2.55. The third-order valence-electron chi connectivity index (χ3n) is 4.64. The molecule has 0 aromatic rings. The van der Waals surface area contributed by atoms with Gasteiger partial charge in [-0.3, -0.25) is 0 Å². The van der Waals surface area contributed by atoms with Gasteiger partial charge in [-0.25, -0.2) is 4.79 Å². The van der Waals surface area contributed by atoms with Crippen molar-refractivity contribution in [2.45, 2.75) is 46.5 Å². The summed E-state index contributed by atoms with van der Waals surface area (Å²) >= 11 is 0. The van der Waals surface area contributed by atoms with Crippen molar-refractivity contribution in [3.8, 4) is 6.07 Å². The Morgan fingerprint density at radius 3 is 2.86 bits per heavy atom. The van der Waals surface area contributed by atoms with Crippen LogP contribution in [-0.2, 0) is 14.3 Å². The molecule has 21 heavy (non-hydrogen) atoms. The zero-order chi connectivity index (χ0) is 15.6. The number of nitrogens with zero attached hydrogens (tertiary/aromatic N) is 1. The Balaban J connectivity index is 2.62. The van der Waals surface area contributed by atoms with Crippen LogP contribution in [0.2, 0.25) is 0 Å². The van der Waals surface area contributed by atoms with Gasteiger partial charge in [0, 0.05) is 5.41 Å². The highest BCUT2D eigenvalue weighted by molar-refractivity contribution is 5.92. The monoisotopic (exact) mass is 290 g/mol. The molecule has 2 rings (SSSR count). The van der Waals surface area contributed by atoms with Gasteiger partial charge < -0.3 is 15.2 Å². The summed E-state index contributed by atoms with van der Waals surface area (Å²) in [6.07, 6.45) is 3.73. The van der Waals surface area contributed by atoms with E-state index in [4.69, 9.17) is 15.2 Å². The molecule has 0 aromatic heterocycles. The van der Waals surface area contributed by atoms with Crippen LogP contribution in [0, 0.1) is 22.7 Å². The molecule has 1 aliphatic carbocycles. The van der Waals surface area contributed by atoms with Crippen LogP contribution in [0.25, 0.3) is 0 Å². The van der Waals surface area contributed by atoms with Crippen molar-refractivity contribution in [3.05, 3.63) is 22.8 Å². The molecule has 114 valence electrons. The molecule has 1 saturated carbocycles. The Hall–Kier alpha value is -1.96. The Labute approximate surface area is 125 Å². The molecule has 2 N–H and O–H groups in total. The van der Waals surface area contributed by atoms with E-state index < -0.39 is 11.4 Å². The highest BCUT2D eigenvalue weighted by atomic mass is 16.5. The van der Waals surface area contributed by atoms with E-state index in [0.29, 0.717) is 23.5 Å². The second-order valence-corrected chi connectivity index (χ2v) is 5.72. The van der Waals surface area contributed by atoms with Crippen molar-refractivity contribution in [2.24, 2.45) is 17.1 Å². The molecule has 5 nitrogen and oxygen atoms in total. The fourth-order valence-electron chi connectivity index (χ4n) is 3.70. The first-order valence-electron chi connectivity index (χ1n) is 7.45. The zero-order valence-electron chi connectivity index (χ0n) is 12.9. The average molecular weight is 290 g/mol. The van der Waals surface area contributed by atoms with Crippen molar-refractivity contribution in [2.75, 3.05) is 6.61 Å². The van der Waals surface area contributed by atoms with E-state index in [1.165, 1.54) is 0 Å². The summed E-state index contributed by atoms with van der Waals surface area (Å²) in [6.45, 7) is 5.85. The van der Waals surface area contributed by atoms with Gasteiger partial charge in [0.25, 0.3) is 0 Å². The number of allylic oxidation sites excluding steroid dienone is 2. The molecule has 1 heterocycles. The van der Waals surface area contributed by atoms with Crippen LogP contribution in [0.15, 0.2) is 22.8 Å². The smallest absolute Gasteiger partial charge is 0.338 e. The first kappa shape index (κ1) is 15.4. The van der Waals surface area contributed by atoms with Gasteiger partial charge in [0.2, 0.25) is 5.88 Å². The number of rotatable bonds is 2. The summed E-state index contributed by atoms with van der Waals surface area (Å²) in [6, 6.07) is 2.18. The first-order chi connectivity index (χ1) is 9.98. The van der Waals surface area contributed by atoms with E-state index >= 15 is 0 Å². The van der Waals surface area contributed by atoms with Crippen LogP contribution in [0.4, 0.5) is 0 Å².